The van der Waals surface area contributed by atoms with E-state index in [2.05, 4.69) is 86.6 Å². The van der Waals surface area contributed by atoms with Gasteiger partial charge in [0.05, 0.1) is 50.4 Å². The Labute approximate surface area is 356 Å². The van der Waals surface area contributed by atoms with Gasteiger partial charge in [0.25, 0.3) is 0 Å². The second-order valence-corrected chi connectivity index (χ2v) is 16.1. The van der Waals surface area contributed by atoms with Crippen molar-refractivity contribution in [3.63, 3.8) is 0 Å². The molecule has 0 amide bonds. The van der Waals surface area contributed by atoms with Gasteiger partial charge in [-0.2, -0.15) is 13.2 Å². The van der Waals surface area contributed by atoms with Gasteiger partial charge in [0.1, 0.15) is 0 Å². The van der Waals surface area contributed by atoms with Crippen molar-refractivity contribution < 1.29 is 13.2 Å². The molecule has 0 saturated heterocycles. The lowest BCUT2D eigenvalue weighted by Crippen LogP contribution is -2.11. The maximum atomic E-state index is 15.6. The van der Waals surface area contributed by atoms with Crippen LogP contribution in [0.2, 0.25) is 0 Å². The molecule has 0 unspecified atom stereocenters. The molecule has 3 heterocycles. The van der Waals surface area contributed by atoms with E-state index >= 15 is 13.2 Å². The van der Waals surface area contributed by atoms with E-state index in [1.165, 1.54) is 12.1 Å². The van der Waals surface area contributed by atoms with Gasteiger partial charge < -0.3 is 9.13 Å². The van der Waals surface area contributed by atoms with Crippen molar-refractivity contribution in [1.29, 1.82) is 0 Å². The molecule has 0 fully saturated rings. The fraction of sp³-hybridized carbons (Fsp3) is 0.0536. The zero-order valence-electron chi connectivity index (χ0n) is 34.0. The quantitative estimate of drug-likeness (QED) is 0.164. The molecule has 0 aliphatic heterocycles. The third-order valence-electron chi connectivity index (χ3n) is 12.0. The molecule has 0 radical (unpaired) electrons. The number of aryl methyl sites for hydroxylation is 2. The molecule has 0 atom stereocenters. The van der Waals surface area contributed by atoms with Crippen molar-refractivity contribution in [3.8, 4) is 56.1 Å². The average molecular weight is 810 g/mol. The number of fused-ring (bicyclic) bond motifs is 6. The van der Waals surface area contributed by atoms with E-state index in [0.717, 1.165) is 88.2 Å². The third kappa shape index (κ3) is 6.26. The molecule has 0 saturated carbocycles. The third-order valence-corrected chi connectivity index (χ3v) is 12.0. The Balaban J connectivity index is 1.28. The number of para-hydroxylation sites is 2. The van der Waals surface area contributed by atoms with Crippen molar-refractivity contribution >= 4 is 43.6 Å². The highest BCUT2D eigenvalue weighted by Gasteiger charge is 2.34. The van der Waals surface area contributed by atoms with Crippen LogP contribution in [0.25, 0.3) is 99.8 Å². The van der Waals surface area contributed by atoms with Gasteiger partial charge in [-0.3, -0.25) is 0 Å². The lowest BCUT2D eigenvalue weighted by Gasteiger charge is -2.22. The van der Waals surface area contributed by atoms with Crippen LogP contribution in [0.3, 0.4) is 0 Å². The summed E-state index contributed by atoms with van der Waals surface area (Å²) in [4.78, 5) is 5.28. The summed E-state index contributed by atoms with van der Waals surface area (Å²) < 4.78 is 50.9. The number of rotatable bonds is 6. The molecule has 298 valence electrons. The highest BCUT2D eigenvalue weighted by molar-refractivity contribution is 6.13. The van der Waals surface area contributed by atoms with Crippen LogP contribution >= 0.6 is 0 Å². The molecule has 62 heavy (non-hydrogen) atoms. The van der Waals surface area contributed by atoms with E-state index in [4.69, 9.17) is 4.98 Å². The predicted octanol–water partition coefficient (Wildman–Crippen LogP) is 15.6. The van der Waals surface area contributed by atoms with E-state index in [1.807, 2.05) is 118 Å². The number of hydrogen-bond donors (Lipinski definition) is 0. The van der Waals surface area contributed by atoms with Crippen LogP contribution in [-0.2, 0) is 6.18 Å². The van der Waals surface area contributed by atoms with E-state index in [1.54, 1.807) is 0 Å². The first-order valence-corrected chi connectivity index (χ1v) is 20.7. The van der Waals surface area contributed by atoms with Gasteiger partial charge in [-0.1, -0.05) is 145 Å². The first-order valence-electron chi connectivity index (χ1n) is 20.7. The summed E-state index contributed by atoms with van der Waals surface area (Å²) in [6, 6.07) is 63.5. The largest absolute Gasteiger partial charge is 0.416 e. The van der Waals surface area contributed by atoms with Gasteiger partial charge >= 0.3 is 6.18 Å². The Morgan fingerprint density at radius 3 is 1.32 bits per heavy atom. The van der Waals surface area contributed by atoms with E-state index in [9.17, 15) is 0 Å². The van der Waals surface area contributed by atoms with Crippen LogP contribution in [0.5, 0.6) is 0 Å². The maximum absolute atomic E-state index is 15.6. The Morgan fingerprint density at radius 2 is 0.806 bits per heavy atom. The molecule has 0 aliphatic rings. The Morgan fingerprint density at radius 1 is 0.371 bits per heavy atom. The van der Waals surface area contributed by atoms with E-state index in [-0.39, 0.29) is 0 Å². The van der Waals surface area contributed by atoms with Crippen LogP contribution in [0.15, 0.2) is 194 Å². The molecule has 0 spiro atoms. The zero-order valence-corrected chi connectivity index (χ0v) is 34.0. The normalized spacial score (nSPS) is 12.0. The molecule has 0 bridgehead atoms. The summed E-state index contributed by atoms with van der Waals surface area (Å²) in [5.74, 6) is 0. The van der Waals surface area contributed by atoms with Crippen molar-refractivity contribution in [2.45, 2.75) is 20.0 Å². The summed E-state index contributed by atoms with van der Waals surface area (Å²) >= 11 is 0. The van der Waals surface area contributed by atoms with Crippen LogP contribution in [0.1, 0.15) is 16.7 Å². The summed E-state index contributed by atoms with van der Waals surface area (Å²) in [5.41, 5.74) is 12.4. The van der Waals surface area contributed by atoms with Crippen molar-refractivity contribution in [2.24, 2.45) is 0 Å². The predicted molar refractivity (Wildman–Crippen MR) is 249 cm³/mol. The lowest BCUT2D eigenvalue weighted by atomic mass is 9.99. The monoisotopic (exact) mass is 809 g/mol. The average Bonchev–Trinajstić information content (AvgIpc) is 3.81. The summed E-state index contributed by atoms with van der Waals surface area (Å²) in [5, 5.41) is 3.76. The molecule has 11 rings (SSSR count). The van der Waals surface area contributed by atoms with Crippen LogP contribution in [-0.4, -0.2) is 14.1 Å². The highest BCUT2D eigenvalue weighted by Crippen LogP contribution is 2.46. The van der Waals surface area contributed by atoms with Crippen molar-refractivity contribution in [2.75, 3.05) is 0 Å². The molecule has 3 aromatic heterocycles. The number of alkyl halides is 3. The fourth-order valence-corrected chi connectivity index (χ4v) is 9.21. The van der Waals surface area contributed by atoms with Crippen LogP contribution in [0, 0.1) is 13.8 Å². The van der Waals surface area contributed by atoms with Crippen molar-refractivity contribution in [1.82, 2.24) is 14.1 Å². The highest BCUT2D eigenvalue weighted by atomic mass is 19.4. The summed E-state index contributed by atoms with van der Waals surface area (Å²) in [6.07, 6.45) is -4.67. The second kappa shape index (κ2) is 14.5. The first kappa shape index (κ1) is 37.3. The minimum atomic E-state index is -4.67. The SMILES string of the molecule is Cc1cccc(-c2ccc3c(c2)c2ccccc2n3-c2cc(C(F)(F)F)cc(-n3c4ccccc4c4cc(-c5cccc(C)c5)ccc43)c2-c2cccc(-c3ccccc3)n2)c1. The Kier molecular flexibility index (Phi) is 8.72. The second-order valence-electron chi connectivity index (χ2n) is 16.1. The van der Waals surface area contributed by atoms with E-state index < -0.39 is 11.7 Å². The number of hydrogen-bond acceptors (Lipinski definition) is 1. The number of nitrogens with zero attached hydrogens (tertiary/aromatic N) is 3. The van der Waals surface area contributed by atoms with Crippen LogP contribution in [0.4, 0.5) is 13.2 Å². The number of benzene rings is 8. The Bertz CT molecular complexity index is 3350. The van der Waals surface area contributed by atoms with Crippen molar-refractivity contribution in [3.05, 3.63) is 211 Å². The molecule has 3 nitrogen and oxygen atoms in total. The molecular formula is C56H38F3N3. The standard InChI is InChI=1S/C56H38F3N3/c1-35-13-10-17-38(29-35)40-25-27-51-45(31-40)43-19-6-8-23-49(43)61(51)53-33-42(56(57,58)59)34-54(55(53)48-22-12-21-47(60-48)37-15-4-3-5-16-37)62-50-24-9-7-20-44(50)46-32-41(26-28-52(46)62)39-18-11-14-36(2)30-39/h3-34H,1-2H3. The molecule has 11 aromatic rings. The fourth-order valence-electron chi connectivity index (χ4n) is 9.21. The smallest absolute Gasteiger partial charge is 0.308 e. The molecule has 0 N–H and O–H groups in total. The molecule has 0 aliphatic carbocycles. The summed E-state index contributed by atoms with van der Waals surface area (Å²) in [6.45, 7) is 4.14. The Hall–Kier alpha value is -7.70. The zero-order chi connectivity index (χ0) is 42.1. The topological polar surface area (TPSA) is 22.8 Å². The van der Waals surface area contributed by atoms with Gasteiger partial charge in [0.2, 0.25) is 0 Å². The lowest BCUT2D eigenvalue weighted by molar-refractivity contribution is -0.137. The number of pyridine rings is 1. The maximum Gasteiger partial charge on any atom is 0.416 e. The molecule has 6 heteroatoms. The van der Waals surface area contributed by atoms with Crippen LogP contribution < -0.4 is 0 Å². The summed E-state index contributed by atoms with van der Waals surface area (Å²) in [7, 11) is 0. The van der Waals surface area contributed by atoms with Gasteiger partial charge in [0.15, 0.2) is 0 Å². The van der Waals surface area contributed by atoms with Gasteiger partial charge in [-0.15, -0.1) is 0 Å². The van der Waals surface area contributed by atoms with Gasteiger partial charge in [-0.25, -0.2) is 4.98 Å². The molecule has 8 aromatic carbocycles. The van der Waals surface area contributed by atoms with Gasteiger partial charge in [-0.05, 0) is 96.8 Å². The first-order chi connectivity index (χ1) is 30.2. The minimum Gasteiger partial charge on any atom is -0.308 e. The number of aromatic nitrogens is 3. The van der Waals surface area contributed by atoms with Gasteiger partial charge in [0, 0.05) is 32.7 Å². The molecular weight excluding hydrogens is 772 g/mol. The van der Waals surface area contributed by atoms with E-state index in [0.29, 0.717) is 22.6 Å². The minimum absolute atomic E-state index is 0.379. The number of halogens is 3.